The third-order valence-electron chi connectivity index (χ3n) is 5.95. The lowest BCUT2D eigenvalue weighted by Crippen LogP contribution is -2.52. The van der Waals surface area contributed by atoms with Gasteiger partial charge in [-0.25, -0.2) is 0 Å². The average molecular weight is 547 g/mol. The number of halogens is 1. The maximum atomic E-state index is 4.50. The molecule has 0 bridgehead atoms. The first-order chi connectivity index (χ1) is 15.1. The van der Waals surface area contributed by atoms with E-state index in [-0.39, 0.29) is 24.0 Å². The molecule has 0 spiro atoms. The third-order valence-corrected chi connectivity index (χ3v) is 5.95. The number of pyridine rings is 1. The number of aliphatic imine (C=N–C) groups is 1. The molecule has 32 heavy (non-hydrogen) atoms. The van der Waals surface area contributed by atoms with Crippen LogP contribution in [-0.2, 0) is 13.0 Å². The van der Waals surface area contributed by atoms with E-state index >= 15 is 0 Å². The van der Waals surface area contributed by atoms with Gasteiger partial charge in [0.1, 0.15) is 5.82 Å². The Morgan fingerprint density at radius 2 is 1.78 bits per heavy atom. The van der Waals surface area contributed by atoms with Crippen molar-refractivity contribution in [1.29, 1.82) is 0 Å². The van der Waals surface area contributed by atoms with Crippen molar-refractivity contribution in [2.75, 3.05) is 39.8 Å². The number of aromatic nitrogens is 3. The van der Waals surface area contributed by atoms with E-state index < -0.39 is 0 Å². The smallest absolute Gasteiger partial charge is 0.193 e. The minimum atomic E-state index is 0. The Morgan fingerprint density at radius 3 is 2.47 bits per heavy atom. The molecule has 1 saturated heterocycles. The third kappa shape index (κ3) is 5.98. The van der Waals surface area contributed by atoms with Crippen LogP contribution >= 0.6 is 24.0 Å². The van der Waals surface area contributed by atoms with Gasteiger partial charge in [-0.15, -0.1) is 34.2 Å². The molecule has 0 saturated carbocycles. The molecular formula is C24H34IN7. The molecule has 0 amide bonds. The van der Waals surface area contributed by atoms with E-state index in [1.807, 2.05) is 35.8 Å². The molecule has 1 fully saturated rings. The average Bonchev–Trinajstić information content (AvgIpc) is 3.21. The zero-order valence-corrected chi connectivity index (χ0v) is 21.6. The summed E-state index contributed by atoms with van der Waals surface area (Å²) >= 11 is 0. The van der Waals surface area contributed by atoms with Crippen LogP contribution in [0.5, 0.6) is 0 Å². The SMILES string of the molecule is CN=C(NCCc1nnc2ccccn12)N1CCN(Cc2ccc(C(C)C)cc2)CC1.I. The number of fused-ring (bicyclic) bond motifs is 1. The van der Waals surface area contributed by atoms with Gasteiger partial charge in [-0.2, -0.15) is 0 Å². The summed E-state index contributed by atoms with van der Waals surface area (Å²) in [5, 5.41) is 12.0. The zero-order valence-electron chi connectivity index (χ0n) is 19.2. The maximum absolute atomic E-state index is 4.50. The number of nitrogens with zero attached hydrogens (tertiary/aromatic N) is 6. The topological polar surface area (TPSA) is 61.1 Å². The lowest BCUT2D eigenvalue weighted by Gasteiger charge is -2.36. The molecule has 0 atom stereocenters. The van der Waals surface area contributed by atoms with Crippen LogP contribution in [0.2, 0.25) is 0 Å². The van der Waals surface area contributed by atoms with E-state index in [9.17, 15) is 0 Å². The normalized spacial score (nSPS) is 15.2. The number of piperazine rings is 1. The van der Waals surface area contributed by atoms with Gasteiger partial charge in [0.15, 0.2) is 11.6 Å². The van der Waals surface area contributed by atoms with Crippen molar-refractivity contribution in [3.63, 3.8) is 0 Å². The number of nitrogens with one attached hydrogen (secondary N) is 1. The molecule has 4 rings (SSSR count). The minimum absolute atomic E-state index is 0. The van der Waals surface area contributed by atoms with E-state index in [0.717, 1.165) is 63.1 Å². The fourth-order valence-electron chi connectivity index (χ4n) is 4.06. The largest absolute Gasteiger partial charge is 0.356 e. The minimum Gasteiger partial charge on any atom is -0.356 e. The van der Waals surface area contributed by atoms with Crippen LogP contribution in [0.25, 0.3) is 5.65 Å². The Balaban J connectivity index is 0.00000289. The van der Waals surface area contributed by atoms with E-state index in [1.54, 1.807) is 0 Å². The highest BCUT2D eigenvalue weighted by Crippen LogP contribution is 2.16. The van der Waals surface area contributed by atoms with Gasteiger partial charge < -0.3 is 10.2 Å². The number of hydrogen-bond donors (Lipinski definition) is 1. The number of hydrogen-bond acceptors (Lipinski definition) is 4. The highest BCUT2D eigenvalue weighted by molar-refractivity contribution is 14.0. The van der Waals surface area contributed by atoms with Gasteiger partial charge in [0.2, 0.25) is 0 Å². The molecular weight excluding hydrogens is 513 g/mol. The predicted octanol–water partition coefficient (Wildman–Crippen LogP) is 3.41. The van der Waals surface area contributed by atoms with Crippen LogP contribution in [0, 0.1) is 0 Å². The Labute approximate surface area is 207 Å². The molecule has 3 aromatic rings. The molecule has 1 aromatic carbocycles. The van der Waals surface area contributed by atoms with Crippen molar-refractivity contribution in [1.82, 2.24) is 29.7 Å². The van der Waals surface area contributed by atoms with Crippen LogP contribution in [0.15, 0.2) is 53.7 Å². The Morgan fingerprint density at radius 1 is 1.03 bits per heavy atom. The molecule has 0 aliphatic carbocycles. The van der Waals surface area contributed by atoms with E-state index in [0.29, 0.717) is 5.92 Å². The molecule has 0 radical (unpaired) electrons. The van der Waals surface area contributed by atoms with Crippen LogP contribution in [0.4, 0.5) is 0 Å². The molecule has 8 heteroatoms. The van der Waals surface area contributed by atoms with Crippen molar-refractivity contribution in [3.8, 4) is 0 Å². The lowest BCUT2D eigenvalue weighted by atomic mass is 10.0. The summed E-state index contributed by atoms with van der Waals surface area (Å²) in [6.45, 7) is 10.3. The van der Waals surface area contributed by atoms with Crippen LogP contribution in [0.3, 0.4) is 0 Å². The van der Waals surface area contributed by atoms with Gasteiger partial charge in [0, 0.05) is 58.9 Å². The second-order valence-electron chi connectivity index (χ2n) is 8.43. The monoisotopic (exact) mass is 547 g/mol. The predicted molar refractivity (Wildman–Crippen MR) is 141 cm³/mol. The summed E-state index contributed by atoms with van der Waals surface area (Å²) in [4.78, 5) is 9.37. The molecule has 2 aromatic heterocycles. The van der Waals surface area contributed by atoms with E-state index in [2.05, 4.69) is 68.4 Å². The highest BCUT2D eigenvalue weighted by Gasteiger charge is 2.19. The zero-order chi connectivity index (χ0) is 21.6. The maximum Gasteiger partial charge on any atom is 0.193 e. The number of rotatable bonds is 6. The highest BCUT2D eigenvalue weighted by atomic mass is 127. The molecule has 0 unspecified atom stereocenters. The summed E-state index contributed by atoms with van der Waals surface area (Å²) in [5.41, 5.74) is 3.68. The first-order valence-corrected chi connectivity index (χ1v) is 11.2. The van der Waals surface area contributed by atoms with Crippen molar-refractivity contribution in [3.05, 3.63) is 65.6 Å². The number of guanidine groups is 1. The molecule has 7 nitrogen and oxygen atoms in total. The van der Waals surface area contributed by atoms with Crippen LogP contribution < -0.4 is 5.32 Å². The van der Waals surface area contributed by atoms with Crippen LogP contribution in [0.1, 0.15) is 36.7 Å². The fourth-order valence-corrected chi connectivity index (χ4v) is 4.06. The molecule has 1 aliphatic rings. The molecule has 3 heterocycles. The number of benzene rings is 1. The second-order valence-corrected chi connectivity index (χ2v) is 8.43. The summed E-state index contributed by atoms with van der Waals surface area (Å²) in [7, 11) is 1.86. The Hall–Kier alpha value is -2.20. The van der Waals surface area contributed by atoms with Gasteiger partial charge in [0.25, 0.3) is 0 Å². The van der Waals surface area contributed by atoms with Gasteiger partial charge in [-0.3, -0.25) is 14.3 Å². The standard InChI is InChI=1S/C24H33N7.HI/c1-19(2)21-9-7-20(8-10-21)18-29-14-16-30(17-15-29)24(25-3)26-12-11-23-28-27-22-6-4-5-13-31(22)23;/h4-10,13,19H,11-12,14-18H2,1-3H3,(H,25,26);1H. The van der Waals surface area contributed by atoms with E-state index in [4.69, 9.17) is 0 Å². The van der Waals surface area contributed by atoms with Crippen molar-refractivity contribution >= 4 is 35.6 Å². The first kappa shape index (κ1) is 24.4. The quantitative estimate of drug-likeness (QED) is 0.291. The summed E-state index contributed by atoms with van der Waals surface area (Å²) in [5.74, 6) is 2.52. The second kappa shape index (κ2) is 11.6. The van der Waals surface area contributed by atoms with Crippen molar-refractivity contribution in [2.45, 2.75) is 32.7 Å². The van der Waals surface area contributed by atoms with Gasteiger partial charge >= 0.3 is 0 Å². The first-order valence-electron chi connectivity index (χ1n) is 11.2. The van der Waals surface area contributed by atoms with Gasteiger partial charge in [0.05, 0.1) is 0 Å². The summed E-state index contributed by atoms with van der Waals surface area (Å²) in [6, 6.07) is 15.0. The lowest BCUT2D eigenvalue weighted by molar-refractivity contribution is 0.172. The van der Waals surface area contributed by atoms with Crippen molar-refractivity contribution in [2.24, 2.45) is 4.99 Å². The fraction of sp³-hybridized carbons (Fsp3) is 0.458. The van der Waals surface area contributed by atoms with E-state index in [1.165, 1.54) is 11.1 Å². The van der Waals surface area contributed by atoms with Gasteiger partial charge in [-0.1, -0.05) is 44.2 Å². The van der Waals surface area contributed by atoms with Gasteiger partial charge in [-0.05, 0) is 29.2 Å². The summed E-state index contributed by atoms with van der Waals surface area (Å²) < 4.78 is 2.04. The Kier molecular flexibility index (Phi) is 8.86. The molecule has 172 valence electrons. The van der Waals surface area contributed by atoms with Crippen molar-refractivity contribution < 1.29 is 0 Å². The Bertz CT molecular complexity index is 1000. The van der Waals surface area contributed by atoms with Crippen LogP contribution in [-0.4, -0.2) is 70.1 Å². The molecule has 1 aliphatic heterocycles. The summed E-state index contributed by atoms with van der Waals surface area (Å²) in [6.07, 6.45) is 2.81. The molecule has 1 N–H and O–H groups in total.